The second-order valence-electron chi connectivity index (χ2n) is 7.70. The van der Waals surface area contributed by atoms with Crippen LogP contribution >= 0.6 is 0 Å². The average molecular weight is 425 g/mol. The Labute approximate surface area is 185 Å². The second-order valence-corrected chi connectivity index (χ2v) is 7.70. The summed E-state index contributed by atoms with van der Waals surface area (Å²) < 4.78 is 7.61. The van der Waals surface area contributed by atoms with Crippen LogP contribution in [0.3, 0.4) is 0 Å². The normalized spacial score (nSPS) is 12.2. The molecular formula is C26H24N4O2. The van der Waals surface area contributed by atoms with Gasteiger partial charge in [0.05, 0.1) is 17.6 Å². The van der Waals surface area contributed by atoms with Crippen molar-refractivity contribution in [2.24, 2.45) is 7.05 Å². The van der Waals surface area contributed by atoms with Gasteiger partial charge in [-0.1, -0.05) is 42.5 Å². The number of carbonyl (C=O) groups is 1. The van der Waals surface area contributed by atoms with Gasteiger partial charge in [0.1, 0.15) is 23.3 Å². The van der Waals surface area contributed by atoms with Gasteiger partial charge in [-0.15, -0.1) is 0 Å². The number of amides is 1. The van der Waals surface area contributed by atoms with E-state index in [0.29, 0.717) is 12.3 Å². The fourth-order valence-electron chi connectivity index (χ4n) is 4.06. The Morgan fingerprint density at radius 2 is 1.84 bits per heavy atom. The molecule has 1 amide bonds. The predicted molar refractivity (Wildman–Crippen MR) is 126 cm³/mol. The van der Waals surface area contributed by atoms with Crippen molar-refractivity contribution in [3.8, 4) is 5.75 Å². The van der Waals surface area contributed by atoms with Crippen LogP contribution in [0.5, 0.6) is 5.75 Å². The molecule has 1 unspecified atom stereocenters. The third-order valence-corrected chi connectivity index (χ3v) is 5.64. The number of carbonyl (C=O) groups excluding carboxylic acids is 1. The van der Waals surface area contributed by atoms with Crippen LogP contribution in [-0.2, 0) is 7.05 Å². The zero-order chi connectivity index (χ0) is 22.1. The highest BCUT2D eigenvalue weighted by Crippen LogP contribution is 2.26. The molecule has 0 radical (unpaired) electrons. The molecular weight excluding hydrogens is 400 g/mol. The lowest BCUT2D eigenvalue weighted by Crippen LogP contribution is -2.31. The number of aromatic nitrogens is 3. The van der Waals surface area contributed by atoms with Crippen LogP contribution in [-0.4, -0.2) is 27.0 Å². The van der Waals surface area contributed by atoms with E-state index >= 15 is 0 Å². The van der Waals surface area contributed by atoms with Crippen LogP contribution in [0.25, 0.3) is 21.9 Å². The van der Waals surface area contributed by atoms with E-state index in [1.165, 1.54) is 0 Å². The molecule has 2 N–H and O–H groups in total. The predicted octanol–water partition coefficient (Wildman–Crippen LogP) is 4.97. The van der Waals surface area contributed by atoms with Crippen molar-refractivity contribution in [2.45, 2.75) is 13.0 Å². The van der Waals surface area contributed by atoms with Gasteiger partial charge < -0.3 is 19.6 Å². The van der Waals surface area contributed by atoms with Crippen molar-refractivity contribution < 1.29 is 9.53 Å². The minimum absolute atomic E-state index is 0.194. The molecule has 5 aromatic rings. The number of hydrogen-bond acceptors (Lipinski definition) is 3. The number of ether oxygens (including phenoxy) is 1. The number of aryl methyl sites for hydroxylation is 1. The van der Waals surface area contributed by atoms with E-state index in [-0.39, 0.29) is 5.91 Å². The van der Waals surface area contributed by atoms with E-state index in [0.717, 1.165) is 39.1 Å². The lowest BCUT2D eigenvalue weighted by molar-refractivity contribution is 0.0937. The van der Waals surface area contributed by atoms with Crippen LogP contribution in [0.1, 0.15) is 34.8 Å². The quantitative estimate of drug-likeness (QED) is 0.404. The molecule has 0 aliphatic heterocycles. The van der Waals surface area contributed by atoms with E-state index < -0.39 is 6.04 Å². The van der Waals surface area contributed by atoms with Crippen molar-refractivity contribution in [3.05, 3.63) is 95.9 Å². The Morgan fingerprint density at radius 1 is 1.06 bits per heavy atom. The Kier molecular flexibility index (Phi) is 5.11. The monoisotopic (exact) mass is 424 g/mol. The number of nitrogens with one attached hydrogen (secondary N) is 2. The summed E-state index contributed by atoms with van der Waals surface area (Å²) in [6.45, 7) is 2.54. The third-order valence-electron chi connectivity index (χ3n) is 5.64. The van der Waals surface area contributed by atoms with Gasteiger partial charge in [0.25, 0.3) is 5.91 Å². The Hall–Kier alpha value is -4.06. The molecule has 5 rings (SSSR count). The summed E-state index contributed by atoms with van der Waals surface area (Å²) in [5.74, 6) is 1.36. The Bertz CT molecular complexity index is 1400. The smallest absolute Gasteiger partial charge is 0.268 e. The summed E-state index contributed by atoms with van der Waals surface area (Å²) >= 11 is 0. The minimum atomic E-state index is -0.397. The van der Waals surface area contributed by atoms with E-state index in [1.807, 2.05) is 97.4 Å². The van der Waals surface area contributed by atoms with Gasteiger partial charge >= 0.3 is 0 Å². The van der Waals surface area contributed by atoms with Crippen molar-refractivity contribution in [2.75, 3.05) is 6.61 Å². The first-order chi connectivity index (χ1) is 15.6. The molecule has 0 saturated carbocycles. The van der Waals surface area contributed by atoms with Crippen molar-refractivity contribution in [1.29, 1.82) is 0 Å². The molecule has 0 fully saturated rings. The van der Waals surface area contributed by atoms with E-state index in [9.17, 15) is 4.79 Å². The molecule has 2 heterocycles. The molecule has 1 atom stereocenters. The third kappa shape index (κ3) is 3.60. The van der Waals surface area contributed by atoms with Crippen LogP contribution in [0.15, 0.2) is 78.9 Å². The fourth-order valence-corrected chi connectivity index (χ4v) is 4.06. The maximum atomic E-state index is 13.3. The van der Waals surface area contributed by atoms with Crippen LogP contribution < -0.4 is 10.1 Å². The largest absolute Gasteiger partial charge is 0.494 e. The van der Waals surface area contributed by atoms with Crippen molar-refractivity contribution >= 4 is 27.8 Å². The summed E-state index contributed by atoms with van der Waals surface area (Å²) in [7, 11) is 1.98. The highest BCUT2D eigenvalue weighted by atomic mass is 16.5. The molecule has 0 aliphatic rings. The van der Waals surface area contributed by atoms with E-state index in [4.69, 9.17) is 9.72 Å². The highest BCUT2D eigenvalue weighted by Gasteiger charge is 2.24. The van der Waals surface area contributed by atoms with Gasteiger partial charge in [0.2, 0.25) is 0 Å². The molecule has 0 saturated heterocycles. The first-order valence-electron chi connectivity index (χ1n) is 10.7. The number of hydrogen-bond donors (Lipinski definition) is 2. The number of fused-ring (bicyclic) bond motifs is 2. The standard InChI is InChI=1S/C26H24N4O2/c1-3-32-19-14-13-18-15-22(27-21(18)16-19)26(31)29-24(17-9-5-4-6-10-17)25-28-20-11-7-8-12-23(20)30(25)2/h4-16,24,27H,3H2,1-2H3,(H,29,31). The molecule has 0 spiro atoms. The molecule has 160 valence electrons. The number of imidazole rings is 1. The van der Waals surface area contributed by atoms with Gasteiger partial charge in [-0.2, -0.15) is 0 Å². The van der Waals surface area contributed by atoms with Gasteiger partial charge in [0, 0.05) is 24.0 Å². The summed E-state index contributed by atoms with van der Waals surface area (Å²) in [5, 5.41) is 4.14. The lowest BCUT2D eigenvalue weighted by Gasteiger charge is -2.19. The second kappa shape index (κ2) is 8.23. The van der Waals surface area contributed by atoms with E-state index in [2.05, 4.69) is 10.3 Å². The van der Waals surface area contributed by atoms with Crippen LogP contribution in [0.2, 0.25) is 0 Å². The summed E-state index contributed by atoms with van der Waals surface area (Å²) in [4.78, 5) is 21.4. The van der Waals surface area contributed by atoms with Crippen molar-refractivity contribution in [3.63, 3.8) is 0 Å². The molecule has 6 nitrogen and oxygen atoms in total. The minimum Gasteiger partial charge on any atom is -0.494 e. The zero-order valence-electron chi connectivity index (χ0n) is 18.0. The SMILES string of the molecule is CCOc1ccc2cc(C(=O)NC(c3ccccc3)c3nc4ccccc4n3C)[nH]c2c1. The maximum Gasteiger partial charge on any atom is 0.268 e. The lowest BCUT2D eigenvalue weighted by atomic mass is 10.1. The first kappa shape index (κ1) is 19.9. The number of benzene rings is 3. The fraction of sp³-hybridized carbons (Fsp3) is 0.154. The van der Waals surface area contributed by atoms with Crippen molar-refractivity contribution in [1.82, 2.24) is 19.9 Å². The number of aromatic amines is 1. The number of rotatable bonds is 6. The van der Waals surface area contributed by atoms with Crippen LogP contribution in [0, 0.1) is 0 Å². The summed E-state index contributed by atoms with van der Waals surface area (Å²) in [5.41, 5.74) is 4.24. The van der Waals surface area contributed by atoms with Gasteiger partial charge in [-0.3, -0.25) is 4.79 Å². The molecule has 0 bridgehead atoms. The number of H-pyrrole nitrogens is 1. The summed E-state index contributed by atoms with van der Waals surface area (Å²) in [6.07, 6.45) is 0. The number of nitrogens with zero attached hydrogens (tertiary/aromatic N) is 2. The van der Waals surface area contributed by atoms with Gasteiger partial charge in [0.15, 0.2) is 0 Å². The Balaban J connectivity index is 1.52. The average Bonchev–Trinajstić information content (AvgIpc) is 3.39. The number of para-hydroxylation sites is 2. The molecule has 3 aromatic carbocycles. The Morgan fingerprint density at radius 3 is 2.62 bits per heavy atom. The molecule has 6 heteroatoms. The van der Waals surface area contributed by atoms with Gasteiger partial charge in [-0.05, 0) is 42.8 Å². The molecule has 0 aliphatic carbocycles. The van der Waals surface area contributed by atoms with E-state index in [1.54, 1.807) is 0 Å². The van der Waals surface area contributed by atoms with Gasteiger partial charge in [-0.25, -0.2) is 4.98 Å². The van der Waals surface area contributed by atoms with Crippen LogP contribution in [0.4, 0.5) is 0 Å². The summed E-state index contributed by atoms with van der Waals surface area (Å²) in [6, 6.07) is 25.1. The highest BCUT2D eigenvalue weighted by molar-refractivity contribution is 5.98. The first-order valence-corrected chi connectivity index (χ1v) is 10.7. The zero-order valence-corrected chi connectivity index (χ0v) is 18.0. The maximum absolute atomic E-state index is 13.3. The molecule has 2 aromatic heterocycles. The topological polar surface area (TPSA) is 71.9 Å². The molecule has 32 heavy (non-hydrogen) atoms.